The van der Waals surface area contributed by atoms with Crippen molar-refractivity contribution < 1.29 is 9.21 Å². The van der Waals surface area contributed by atoms with Crippen LogP contribution < -0.4 is 5.32 Å². The van der Waals surface area contributed by atoms with Gasteiger partial charge in [-0.1, -0.05) is 6.07 Å². The van der Waals surface area contributed by atoms with Crippen molar-refractivity contribution in [2.24, 2.45) is 0 Å². The second-order valence-corrected chi connectivity index (χ2v) is 3.07. The number of hydrogen-bond acceptors (Lipinski definition) is 3. The van der Waals surface area contributed by atoms with Gasteiger partial charge in [0.15, 0.2) is 11.5 Å². The first kappa shape index (κ1) is 8.74. The molecular formula is C10H10N2O2. The third-order valence-electron chi connectivity index (χ3n) is 1.84. The van der Waals surface area contributed by atoms with Crippen LogP contribution in [-0.2, 0) is 4.79 Å². The van der Waals surface area contributed by atoms with Gasteiger partial charge in [0.05, 0.1) is 5.69 Å². The quantitative estimate of drug-likeness (QED) is 0.749. The van der Waals surface area contributed by atoms with Gasteiger partial charge in [0.25, 0.3) is 0 Å². The average molecular weight is 190 g/mol. The van der Waals surface area contributed by atoms with Crippen LogP contribution in [0.25, 0.3) is 11.1 Å². The molecule has 0 spiro atoms. The fourth-order valence-corrected chi connectivity index (χ4v) is 1.35. The fraction of sp³-hybridized carbons (Fsp3) is 0.200. The van der Waals surface area contributed by atoms with Gasteiger partial charge in [0, 0.05) is 13.8 Å². The lowest BCUT2D eigenvalue weighted by molar-refractivity contribution is -0.114. The minimum atomic E-state index is -0.113. The van der Waals surface area contributed by atoms with E-state index in [1.165, 1.54) is 6.92 Å². The van der Waals surface area contributed by atoms with Gasteiger partial charge in [-0.2, -0.15) is 0 Å². The Morgan fingerprint density at radius 3 is 3.00 bits per heavy atom. The molecule has 1 heterocycles. The molecule has 1 amide bonds. The second-order valence-electron chi connectivity index (χ2n) is 3.07. The van der Waals surface area contributed by atoms with Crippen LogP contribution in [0.3, 0.4) is 0 Å². The lowest BCUT2D eigenvalue weighted by Gasteiger charge is -2.00. The van der Waals surface area contributed by atoms with Crippen LogP contribution in [0.4, 0.5) is 5.69 Å². The molecule has 0 bridgehead atoms. The van der Waals surface area contributed by atoms with Crippen molar-refractivity contribution in [1.82, 2.24) is 4.98 Å². The molecule has 4 heteroatoms. The predicted molar refractivity (Wildman–Crippen MR) is 53.0 cm³/mol. The lowest BCUT2D eigenvalue weighted by Crippen LogP contribution is -2.05. The summed E-state index contributed by atoms with van der Waals surface area (Å²) in [7, 11) is 0. The third kappa shape index (κ3) is 1.46. The molecule has 0 aliphatic carbocycles. The number of nitrogens with zero attached hydrogens (tertiary/aromatic N) is 1. The molecule has 0 aliphatic heterocycles. The Hall–Kier alpha value is -1.84. The van der Waals surface area contributed by atoms with Crippen molar-refractivity contribution in [1.29, 1.82) is 0 Å². The summed E-state index contributed by atoms with van der Waals surface area (Å²) in [5, 5.41) is 2.70. The Bertz CT molecular complexity index is 488. The Labute approximate surface area is 80.9 Å². The zero-order valence-electron chi connectivity index (χ0n) is 8.00. The highest BCUT2D eigenvalue weighted by Gasteiger charge is 2.07. The van der Waals surface area contributed by atoms with Gasteiger partial charge in [-0.25, -0.2) is 4.98 Å². The molecule has 2 rings (SSSR count). The maximum atomic E-state index is 10.9. The number of nitrogens with one attached hydrogen (secondary N) is 1. The van der Waals surface area contributed by atoms with Crippen LogP contribution in [0.5, 0.6) is 0 Å². The molecule has 1 aromatic carbocycles. The smallest absolute Gasteiger partial charge is 0.221 e. The van der Waals surface area contributed by atoms with E-state index in [2.05, 4.69) is 10.3 Å². The van der Waals surface area contributed by atoms with E-state index in [0.29, 0.717) is 22.7 Å². The number of carbonyl (C=O) groups excluding carboxylic acids is 1. The van der Waals surface area contributed by atoms with E-state index in [1.54, 1.807) is 13.0 Å². The van der Waals surface area contributed by atoms with Crippen molar-refractivity contribution in [2.45, 2.75) is 13.8 Å². The van der Waals surface area contributed by atoms with Gasteiger partial charge in [-0.15, -0.1) is 0 Å². The van der Waals surface area contributed by atoms with Crippen molar-refractivity contribution in [3.8, 4) is 0 Å². The van der Waals surface area contributed by atoms with E-state index in [0.717, 1.165) is 0 Å². The molecule has 0 aliphatic rings. The minimum absolute atomic E-state index is 0.113. The number of hydrogen-bond donors (Lipinski definition) is 1. The maximum absolute atomic E-state index is 10.9. The predicted octanol–water partition coefficient (Wildman–Crippen LogP) is 2.09. The molecule has 0 saturated heterocycles. The summed E-state index contributed by atoms with van der Waals surface area (Å²) in [5.74, 6) is 0.482. The van der Waals surface area contributed by atoms with E-state index >= 15 is 0 Å². The Kier molecular flexibility index (Phi) is 1.96. The topological polar surface area (TPSA) is 55.1 Å². The summed E-state index contributed by atoms with van der Waals surface area (Å²) >= 11 is 0. The first-order chi connectivity index (χ1) is 6.66. The minimum Gasteiger partial charge on any atom is -0.441 e. The summed E-state index contributed by atoms with van der Waals surface area (Å²) in [6.45, 7) is 3.24. The Balaban J connectivity index is 2.58. The SMILES string of the molecule is CC(=O)Nc1cccc2oc(C)nc12. The van der Waals surface area contributed by atoms with Crippen LogP contribution in [0, 0.1) is 6.92 Å². The molecule has 14 heavy (non-hydrogen) atoms. The molecule has 4 nitrogen and oxygen atoms in total. The Morgan fingerprint density at radius 2 is 2.29 bits per heavy atom. The molecule has 1 aromatic heterocycles. The van der Waals surface area contributed by atoms with E-state index < -0.39 is 0 Å². The summed E-state index contributed by atoms with van der Waals surface area (Å²) in [6.07, 6.45) is 0. The molecule has 1 N–H and O–H groups in total. The summed E-state index contributed by atoms with van der Waals surface area (Å²) in [6, 6.07) is 5.44. The van der Waals surface area contributed by atoms with Gasteiger partial charge in [-0.3, -0.25) is 4.79 Å². The number of fused-ring (bicyclic) bond motifs is 1. The van der Waals surface area contributed by atoms with Gasteiger partial charge in [0.1, 0.15) is 5.52 Å². The number of rotatable bonds is 1. The lowest BCUT2D eigenvalue weighted by atomic mass is 10.3. The van der Waals surface area contributed by atoms with Gasteiger partial charge in [-0.05, 0) is 12.1 Å². The van der Waals surface area contributed by atoms with E-state index in [4.69, 9.17) is 4.42 Å². The first-order valence-corrected chi connectivity index (χ1v) is 4.30. The fourth-order valence-electron chi connectivity index (χ4n) is 1.35. The highest BCUT2D eigenvalue weighted by Crippen LogP contribution is 2.23. The summed E-state index contributed by atoms with van der Waals surface area (Å²) in [4.78, 5) is 15.1. The highest BCUT2D eigenvalue weighted by atomic mass is 16.3. The number of para-hydroxylation sites is 1. The summed E-state index contributed by atoms with van der Waals surface area (Å²) < 4.78 is 5.33. The number of oxazole rings is 1. The van der Waals surface area contributed by atoms with Crippen LogP contribution in [-0.4, -0.2) is 10.9 Å². The number of benzene rings is 1. The summed E-state index contributed by atoms with van der Waals surface area (Å²) in [5.41, 5.74) is 2.07. The van der Waals surface area contributed by atoms with E-state index in [-0.39, 0.29) is 5.91 Å². The molecule has 0 atom stereocenters. The average Bonchev–Trinajstić information content (AvgIpc) is 2.45. The number of anilines is 1. The molecule has 0 fully saturated rings. The number of carbonyl (C=O) groups is 1. The molecule has 0 saturated carbocycles. The van der Waals surface area contributed by atoms with E-state index in [9.17, 15) is 4.79 Å². The number of aryl methyl sites for hydroxylation is 1. The molecule has 2 aromatic rings. The first-order valence-electron chi connectivity index (χ1n) is 4.30. The van der Waals surface area contributed by atoms with Crippen LogP contribution >= 0.6 is 0 Å². The largest absolute Gasteiger partial charge is 0.441 e. The monoisotopic (exact) mass is 190 g/mol. The van der Waals surface area contributed by atoms with E-state index in [1.807, 2.05) is 12.1 Å². The number of aromatic nitrogens is 1. The Morgan fingerprint density at radius 1 is 1.50 bits per heavy atom. The maximum Gasteiger partial charge on any atom is 0.221 e. The molecule has 0 unspecified atom stereocenters. The number of amides is 1. The van der Waals surface area contributed by atoms with Gasteiger partial charge < -0.3 is 9.73 Å². The highest BCUT2D eigenvalue weighted by molar-refractivity contribution is 5.97. The van der Waals surface area contributed by atoms with Crippen molar-refractivity contribution >= 4 is 22.7 Å². The molecule has 72 valence electrons. The van der Waals surface area contributed by atoms with Crippen molar-refractivity contribution in [3.05, 3.63) is 24.1 Å². The van der Waals surface area contributed by atoms with Crippen LogP contribution in [0.2, 0.25) is 0 Å². The van der Waals surface area contributed by atoms with Gasteiger partial charge >= 0.3 is 0 Å². The van der Waals surface area contributed by atoms with Crippen LogP contribution in [0.15, 0.2) is 22.6 Å². The third-order valence-corrected chi connectivity index (χ3v) is 1.84. The van der Waals surface area contributed by atoms with Crippen LogP contribution in [0.1, 0.15) is 12.8 Å². The van der Waals surface area contributed by atoms with Crippen molar-refractivity contribution in [3.63, 3.8) is 0 Å². The normalized spacial score (nSPS) is 10.4. The second kappa shape index (κ2) is 3.14. The molecular weight excluding hydrogens is 180 g/mol. The standard InChI is InChI=1S/C10H10N2O2/c1-6(13)11-8-4-3-5-9-10(8)12-7(2)14-9/h3-5H,1-2H3,(H,11,13). The zero-order chi connectivity index (χ0) is 10.1. The van der Waals surface area contributed by atoms with Crippen molar-refractivity contribution in [2.75, 3.05) is 5.32 Å². The zero-order valence-corrected chi connectivity index (χ0v) is 8.00. The van der Waals surface area contributed by atoms with Gasteiger partial charge in [0.2, 0.25) is 5.91 Å². The molecule has 0 radical (unpaired) electrons.